The third-order valence-electron chi connectivity index (χ3n) is 5.39. The first-order valence-corrected chi connectivity index (χ1v) is 20.4. The molecule has 0 bridgehead atoms. The minimum Gasteiger partial charge on any atom is -0.222 e. The predicted molar refractivity (Wildman–Crippen MR) is 149 cm³/mol. The predicted octanol–water partition coefficient (Wildman–Crippen LogP) is 9.96. The van der Waals surface area contributed by atoms with Gasteiger partial charge < -0.3 is 0 Å². The van der Waals surface area contributed by atoms with Crippen molar-refractivity contribution in [1.82, 2.24) is 0 Å². The van der Waals surface area contributed by atoms with Crippen LogP contribution in [0.3, 0.4) is 0 Å². The van der Waals surface area contributed by atoms with Gasteiger partial charge in [-0.05, 0) is 48.7 Å². The van der Waals surface area contributed by atoms with Crippen LogP contribution in [0.25, 0.3) is 0 Å². The van der Waals surface area contributed by atoms with Crippen LogP contribution < -0.4 is 0 Å². The van der Waals surface area contributed by atoms with Gasteiger partial charge in [0, 0.05) is 0 Å². The Balaban J connectivity index is 4.26. The second-order valence-electron chi connectivity index (χ2n) is 13.9. The van der Waals surface area contributed by atoms with Crippen molar-refractivity contribution in [3.05, 3.63) is 28.8 Å². The van der Waals surface area contributed by atoms with Gasteiger partial charge in [0.15, 0.2) is 0 Å². The van der Waals surface area contributed by atoms with Crippen LogP contribution in [0.1, 0.15) is 79.0 Å². The molecule has 5 heteroatoms. The number of hydrogen-bond acceptors (Lipinski definition) is 1. The summed E-state index contributed by atoms with van der Waals surface area (Å²) < 4.78 is 7.03. The average Bonchev–Trinajstić information content (AvgIpc) is 2.39. The third-order valence-corrected chi connectivity index (χ3v) is 20.4. The minimum atomic E-state index is -1.52. The molecule has 0 aliphatic carbocycles. The quantitative estimate of drug-likeness (QED) is 0.299. The average molecular weight is 484 g/mol. The highest BCUT2D eigenvalue weighted by molar-refractivity contribution is 7.85. The van der Waals surface area contributed by atoms with Crippen LogP contribution in [0.4, 0.5) is 5.69 Å². The molecule has 1 aromatic rings. The van der Waals surface area contributed by atoms with Crippen molar-refractivity contribution < 1.29 is 0 Å². The van der Waals surface area contributed by atoms with E-state index < -0.39 is 22.8 Å². The van der Waals surface area contributed by atoms with Gasteiger partial charge in [-0.25, -0.2) is 4.74 Å². The molecule has 0 fully saturated rings. The Morgan fingerprint density at radius 3 is 1.27 bits per heavy atom. The summed E-state index contributed by atoms with van der Waals surface area (Å²) in [6.07, 6.45) is 0. The molecule has 0 saturated heterocycles. The first-order valence-electron chi connectivity index (χ1n) is 11.2. The number of benzene rings is 1. The topological polar surface area (TPSA) is 12.4 Å². The Bertz CT molecular complexity index is 823. The Morgan fingerprint density at radius 1 is 0.700 bits per heavy atom. The van der Waals surface area contributed by atoms with Gasteiger partial charge in [0.05, 0.1) is 28.5 Å². The van der Waals surface area contributed by atoms with Gasteiger partial charge >= 0.3 is 0 Å². The largest absolute Gasteiger partial charge is 0.222 e. The van der Waals surface area contributed by atoms with E-state index in [-0.39, 0.29) is 16.2 Å². The van der Waals surface area contributed by atoms with Gasteiger partial charge in [-0.2, -0.15) is 0 Å². The van der Waals surface area contributed by atoms with E-state index in [9.17, 15) is 0 Å². The zero-order valence-corrected chi connectivity index (χ0v) is 26.1. The second kappa shape index (κ2) is 8.69. The zero-order chi connectivity index (χ0) is 24.1. The van der Waals surface area contributed by atoms with Crippen LogP contribution in [-0.2, 0) is 16.2 Å². The number of hydrogen-bond donors (Lipinski definition) is 0. The van der Waals surface area contributed by atoms with Gasteiger partial charge in [0.25, 0.3) is 0 Å². The summed E-state index contributed by atoms with van der Waals surface area (Å²) in [6.45, 7) is 34.3. The van der Waals surface area contributed by atoms with Crippen LogP contribution in [0.15, 0.2) is 16.9 Å². The summed E-state index contributed by atoms with van der Waals surface area (Å²) in [6, 6.07) is 4.80. The molecule has 0 aliphatic heterocycles. The van der Waals surface area contributed by atoms with Crippen LogP contribution >= 0.6 is 17.9 Å². The molecule has 30 heavy (non-hydrogen) atoms. The van der Waals surface area contributed by atoms with E-state index >= 15 is 0 Å². The Hall–Kier alpha value is -0.0862. The van der Waals surface area contributed by atoms with E-state index in [1.807, 2.05) is 0 Å². The van der Waals surface area contributed by atoms with E-state index in [1.54, 1.807) is 4.54 Å². The monoisotopic (exact) mass is 483 g/mol. The molecule has 1 unspecified atom stereocenters. The van der Waals surface area contributed by atoms with E-state index in [0.717, 1.165) is 5.69 Å². The zero-order valence-electron chi connectivity index (χ0n) is 22.4. The van der Waals surface area contributed by atoms with Crippen molar-refractivity contribution in [3.63, 3.8) is 0 Å². The lowest BCUT2D eigenvalue weighted by molar-refractivity contribution is 0.550. The smallest absolute Gasteiger partial charge is 0.0760 e. The summed E-state index contributed by atoms with van der Waals surface area (Å²) in [5.74, 6) is 0. The Kier molecular flexibility index (Phi) is 8.10. The number of rotatable bonds is 3. The molecule has 1 aromatic carbocycles. The van der Waals surface area contributed by atoms with Crippen molar-refractivity contribution in [3.8, 4) is 0 Å². The normalized spacial score (nSPS) is 14.9. The maximum atomic E-state index is 7.26. The molecule has 0 aliphatic rings. The van der Waals surface area contributed by atoms with Gasteiger partial charge in [0.1, 0.15) is 0 Å². The molecule has 1 nitrogen and oxygen atoms in total. The molecule has 172 valence electrons. The van der Waals surface area contributed by atoms with Crippen LogP contribution in [-0.4, -0.2) is 20.7 Å². The number of halogens is 1. The lowest BCUT2D eigenvalue weighted by Gasteiger charge is -2.33. The van der Waals surface area contributed by atoms with Crippen LogP contribution in [0.5, 0.6) is 0 Å². The molecular weight excluding hydrogens is 437 g/mol. The molecular formula is C25H47ClNPSi2. The lowest BCUT2D eigenvalue weighted by atomic mass is 9.74. The van der Waals surface area contributed by atoms with Crippen molar-refractivity contribution in [2.45, 2.75) is 118 Å². The maximum Gasteiger partial charge on any atom is 0.0760 e. The standard InChI is InChI=1S/C25H47ClNPSi2/c1-23(2,3)18-16-19(24(4,5)6)21(20(17-18)25(7,8)9)27-28(26)22(29(10,11)12)30(13,14)15/h16-17H,1-15H3. The summed E-state index contributed by atoms with van der Waals surface area (Å²) in [4.78, 5) is 0. The third kappa shape index (κ3) is 6.96. The van der Waals surface area contributed by atoms with E-state index in [0.29, 0.717) is 0 Å². The molecule has 0 spiro atoms. The van der Waals surface area contributed by atoms with Gasteiger partial charge in [-0.15, -0.1) is 0 Å². The molecule has 0 N–H and O–H groups in total. The fourth-order valence-corrected chi connectivity index (χ4v) is 23.1. The summed E-state index contributed by atoms with van der Waals surface area (Å²) in [5, 5.41) is 0. The van der Waals surface area contributed by atoms with Gasteiger partial charge in [-0.1, -0.05) is 114 Å². The Morgan fingerprint density at radius 2 is 1.03 bits per heavy atom. The summed E-state index contributed by atoms with van der Waals surface area (Å²) in [5.41, 5.74) is 5.31. The molecule has 0 radical (unpaired) electrons. The van der Waals surface area contributed by atoms with Gasteiger partial charge in [0.2, 0.25) is 0 Å². The molecule has 0 aromatic heterocycles. The Labute approximate surface area is 195 Å². The van der Waals surface area contributed by atoms with Crippen molar-refractivity contribution >= 4 is 44.3 Å². The number of nitrogens with zero attached hydrogens (tertiary/aromatic N) is 1. The van der Waals surface area contributed by atoms with E-state index in [4.69, 9.17) is 16.0 Å². The highest BCUT2D eigenvalue weighted by Gasteiger charge is 2.34. The van der Waals surface area contributed by atoms with E-state index in [1.165, 1.54) is 16.7 Å². The maximum absolute atomic E-state index is 7.26. The molecule has 0 heterocycles. The summed E-state index contributed by atoms with van der Waals surface area (Å²) >= 11 is 7.26. The second-order valence-corrected chi connectivity index (χ2v) is 27.3. The summed E-state index contributed by atoms with van der Waals surface area (Å²) in [7, 11) is -3.05. The lowest BCUT2D eigenvalue weighted by Crippen LogP contribution is -2.48. The van der Waals surface area contributed by atoms with Crippen LogP contribution in [0, 0.1) is 0 Å². The fourth-order valence-electron chi connectivity index (χ4n) is 4.13. The van der Waals surface area contributed by atoms with Crippen LogP contribution in [0.2, 0.25) is 39.3 Å². The van der Waals surface area contributed by atoms with Gasteiger partial charge in [-0.3, -0.25) is 0 Å². The molecule has 0 saturated carbocycles. The molecule has 1 rings (SSSR count). The highest BCUT2D eigenvalue weighted by Crippen LogP contribution is 2.46. The highest BCUT2D eigenvalue weighted by atomic mass is 35.7. The minimum absolute atomic E-state index is 0.00560. The van der Waals surface area contributed by atoms with E-state index in [2.05, 4.69) is 114 Å². The SMILES string of the molecule is CC(C)(C)c1cc(C(C)(C)C)c(N=P(Cl)=C([Si](C)(C)C)[Si](C)(C)C)c(C(C)(C)C)c1. The van der Waals surface area contributed by atoms with Crippen molar-refractivity contribution in [2.75, 3.05) is 0 Å². The molecule has 0 amide bonds. The van der Waals surface area contributed by atoms with Crippen molar-refractivity contribution in [2.24, 2.45) is 4.74 Å². The molecule has 1 atom stereocenters. The van der Waals surface area contributed by atoms with Crippen molar-refractivity contribution in [1.29, 1.82) is 0 Å². The first kappa shape index (κ1) is 27.9. The first-order chi connectivity index (χ1) is 13.0. The fraction of sp³-hybridized carbons (Fsp3) is 0.720.